The zero-order valence-corrected chi connectivity index (χ0v) is 45.6. The van der Waals surface area contributed by atoms with E-state index in [4.69, 9.17) is 53.9 Å². The predicted molar refractivity (Wildman–Crippen MR) is 296 cm³/mol. The number of hydrogen-bond donors (Lipinski definition) is 2. The number of rotatable bonds is 24. The molecule has 3 aliphatic rings. The summed E-state index contributed by atoms with van der Waals surface area (Å²) in [4.78, 5) is 82.3. The molecule has 2 amide bonds. The molecule has 0 aromatic heterocycles. The quantitative estimate of drug-likeness (QED) is 0.0311. The van der Waals surface area contributed by atoms with Crippen molar-refractivity contribution in [2.75, 3.05) is 46.0 Å². The van der Waals surface area contributed by atoms with Gasteiger partial charge in [-0.25, -0.2) is 14.4 Å². The number of carbonyl (C=O) groups is 5. The summed E-state index contributed by atoms with van der Waals surface area (Å²) < 4.78 is 71.4. The maximum absolute atomic E-state index is 14.4. The van der Waals surface area contributed by atoms with Crippen LogP contribution in [0.4, 0.5) is 5.69 Å². The molecule has 0 saturated carbocycles. The molecule has 3 fully saturated rings. The topological polar surface area (TPSA) is 268 Å². The van der Waals surface area contributed by atoms with Gasteiger partial charge < -0.3 is 67.4 Å². The molecule has 440 valence electrons. The van der Waals surface area contributed by atoms with E-state index in [1.165, 1.54) is 48.2 Å². The molecule has 3 saturated heterocycles. The molecule has 6 aromatic carbocycles. The van der Waals surface area contributed by atoms with Crippen molar-refractivity contribution in [1.29, 1.82) is 1.43 Å². The second kappa shape index (κ2) is 29.2. The normalized spacial score (nSPS) is 23.3. The van der Waals surface area contributed by atoms with Gasteiger partial charge in [0.1, 0.15) is 43.2 Å². The highest BCUT2D eigenvalue weighted by atomic mass is 16.8. The summed E-state index contributed by atoms with van der Waals surface area (Å²) in [6.45, 7) is 0.149. The van der Waals surface area contributed by atoms with Crippen molar-refractivity contribution in [2.24, 2.45) is 0 Å². The van der Waals surface area contributed by atoms with E-state index in [1.807, 2.05) is 12.1 Å². The van der Waals surface area contributed by atoms with Gasteiger partial charge in [-0.1, -0.05) is 127 Å². The van der Waals surface area contributed by atoms with E-state index in [9.17, 15) is 39.2 Å². The van der Waals surface area contributed by atoms with Crippen molar-refractivity contribution in [3.63, 3.8) is 0 Å². The van der Waals surface area contributed by atoms with Crippen molar-refractivity contribution in [2.45, 2.75) is 88.2 Å². The Kier molecular flexibility index (Phi) is 20.4. The first-order valence-corrected chi connectivity index (χ1v) is 27.2. The molecule has 0 spiro atoms. The third-order valence-electron chi connectivity index (χ3n) is 14.2. The Morgan fingerprint density at radius 1 is 0.595 bits per heavy atom. The number of aliphatic hydroxyl groups excluding tert-OH is 2. The lowest BCUT2D eigenvalue weighted by Gasteiger charge is -2.49. The van der Waals surface area contributed by atoms with Crippen LogP contribution in [0.3, 0.4) is 0 Å². The van der Waals surface area contributed by atoms with Crippen molar-refractivity contribution in [3.05, 3.63) is 213 Å². The fourth-order valence-corrected chi connectivity index (χ4v) is 9.75. The van der Waals surface area contributed by atoms with E-state index >= 15 is 0 Å². The summed E-state index contributed by atoms with van der Waals surface area (Å²) in [6.07, 6.45) is -15.5. The predicted octanol–water partition coefficient (Wildman–Crippen LogP) is 5.85. The van der Waals surface area contributed by atoms with Gasteiger partial charge in [0.05, 0.1) is 42.5 Å². The summed E-state index contributed by atoms with van der Waals surface area (Å²) in [7, 11) is 0. The standard InChI is InChI=1S/C62H63N3O19/c1-40(67)63-29-31-64(32-30-63)58(70)46-27-28-48(47(33-46)65(73)74)75-39-51(68)76-38-50-54(78-36-42-19-9-3-10-20-42)56(57(83-60(72)45-25-15-6-16-26-45)61(81-50)79-37-43-21-11-4-12-22-43)84-62-55(82-59(71)44-23-13-5-14-24-44)52(69)53(49(34-66)80-62)77-35-41-17-7-2-8-18-41/h2-28,33,49-50,52-57,61-62,66,69H,29-32,34-39H2,1H3/t49?,50?,52-,53+,54+,55?,56-,57?,61+,62-/m0/s1/i66T. The minimum absolute atomic E-state index is 0.00674. The molecular formula is C62H63N3O19. The van der Waals surface area contributed by atoms with E-state index in [0.717, 1.165) is 11.6 Å². The maximum Gasteiger partial charge on any atom is 0.344 e. The fourth-order valence-electron chi connectivity index (χ4n) is 9.75. The van der Waals surface area contributed by atoms with Gasteiger partial charge in [-0.05, 0) is 53.1 Å². The van der Waals surface area contributed by atoms with E-state index < -0.39 is 116 Å². The molecule has 3 aliphatic heterocycles. The van der Waals surface area contributed by atoms with Gasteiger partial charge >= 0.3 is 23.6 Å². The van der Waals surface area contributed by atoms with Gasteiger partial charge in [-0.3, -0.25) is 19.7 Å². The maximum atomic E-state index is 14.4. The van der Waals surface area contributed by atoms with Crippen molar-refractivity contribution in [3.8, 4) is 5.75 Å². The smallest absolute Gasteiger partial charge is 0.344 e. The van der Waals surface area contributed by atoms with Crippen LogP contribution in [0.15, 0.2) is 170 Å². The van der Waals surface area contributed by atoms with E-state index in [1.54, 1.807) is 120 Å². The van der Waals surface area contributed by atoms with Crippen LogP contribution in [-0.4, -0.2) is 164 Å². The monoisotopic (exact) mass is 1160 g/mol. The summed E-state index contributed by atoms with van der Waals surface area (Å²) >= 11 is 0. The van der Waals surface area contributed by atoms with E-state index in [-0.39, 0.29) is 61.3 Å². The van der Waals surface area contributed by atoms with Crippen molar-refractivity contribution < 1.29 is 86.5 Å². The summed E-state index contributed by atoms with van der Waals surface area (Å²) in [6, 6.07) is 46.5. The molecule has 10 atom stereocenters. The molecule has 22 nitrogen and oxygen atoms in total. The Labute approximate surface area is 484 Å². The number of amides is 2. The lowest BCUT2D eigenvalue weighted by molar-refractivity contribution is -0.385. The Hall–Kier alpha value is -8.45. The molecule has 4 unspecified atom stereocenters. The third-order valence-corrected chi connectivity index (χ3v) is 14.2. The molecule has 22 heteroatoms. The molecule has 0 bridgehead atoms. The number of hydrogen-bond acceptors (Lipinski definition) is 19. The zero-order chi connectivity index (χ0) is 59.7. The van der Waals surface area contributed by atoms with Crippen LogP contribution in [0.25, 0.3) is 0 Å². The highest BCUT2D eigenvalue weighted by Crippen LogP contribution is 2.37. The highest BCUT2D eigenvalue weighted by molar-refractivity contribution is 5.95. The molecule has 0 radical (unpaired) electrons. The van der Waals surface area contributed by atoms with Gasteiger partial charge in [0.2, 0.25) is 7.34 Å². The minimum Gasteiger partial charge on any atom is -0.475 e. The third kappa shape index (κ3) is 15.6. The molecule has 84 heavy (non-hydrogen) atoms. The number of nitrogens with zero attached hydrogens (tertiary/aromatic N) is 3. The first-order chi connectivity index (χ1) is 41.3. The Morgan fingerprint density at radius 2 is 1.10 bits per heavy atom. The van der Waals surface area contributed by atoms with E-state index in [2.05, 4.69) is 0 Å². The fraction of sp³-hybridized carbons (Fsp3) is 0.339. The Morgan fingerprint density at radius 3 is 1.63 bits per heavy atom. The van der Waals surface area contributed by atoms with Crippen molar-refractivity contribution >= 4 is 35.4 Å². The van der Waals surface area contributed by atoms with Gasteiger partial charge in [-0.15, -0.1) is 0 Å². The van der Waals surface area contributed by atoms with Crippen LogP contribution in [-0.2, 0) is 72.0 Å². The van der Waals surface area contributed by atoms with Gasteiger partial charge in [0.25, 0.3) is 5.91 Å². The molecule has 9 rings (SSSR count). The number of carbonyl (C=O) groups excluding carboxylic acids is 5. The molecule has 2 N–H and O–H groups in total. The van der Waals surface area contributed by atoms with E-state index in [0.29, 0.717) is 24.2 Å². The van der Waals surface area contributed by atoms with Crippen LogP contribution in [0.2, 0.25) is 0 Å². The number of esters is 3. The number of nitro groups is 1. The number of ether oxygens (including phenoxy) is 10. The Balaban J connectivity index is 1.05. The zero-order valence-electron chi connectivity index (χ0n) is 46.6. The molecule has 6 aromatic rings. The van der Waals surface area contributed by atoms with Gasteiger partial charge in [0, 0.05) is 44.7 Å². The summed E-state index contributed by atoms with van der Waals surface area (Å²) in [5.41, 5.74) is 1.67. The summed E-state index contributed by atoms with van der Waals surface area (Å²) in [5, 5.41) is 29.7. The number of nitro benzene ring substituents is 1. The number of piperazine rings is 1. The average molecular weight is 1160 g/mol. The highest BCUT2D eigenvalue weighted by Gasteiger charge is 2.56. The Bertz CT molecular complexity index is 3160. The second-order valence-corrected chi connectivity index (χ2v) is 19.8. The number of benzene rings is 6. The lowest BCUT2D eigenvalue weighted by atomic mass is 9.96. The molecule has 3 heterocycles. The first kappa shape index (κ1) is 58.7. The van der Waals surface area contributed by atoms with Crippen molar-refractivity contribution in [1.82, 2.24) is 9.80 Å². The van der Waals surface area contributed by atoms with Crippen LogP contribution < -0.4 is 4.74 Å². The second-order valence-electron chi connectivity index (χ2n) is 19.8. The first-order valence-electron chi connectivity index (χ1n) is 27.6. The minimum atomic E-state index is -1.80. The van der Waals surface area contributed by atoms with Gasteiger partial charge in [0.15, 0.2) is 37.1 Å². The summed E-state index contributed by atoms with van der Waals surface area (Å²) in [5.74, 6) is -3.75. The number of aliphatic hydroxyl groups is 2. The SMILES string of the molecule is [3H]OCC1O[C@@H](O[C@@H]2C(OC(=O)c3ccccc3)[C@H](OCc3ccccc3)OC(COC(=O)COc3ccc(C(=O)N4CCN(C(C)=O)CC4)cc3[N+](=O)[O-])[C@H]2OCc2ccccc2)C(OC(=O)c2ccccc2)[C@@H](O)[C@@H]1OCc1ccccc1. The largest absolute Gasteiger partial charge is 0.475 e. The lowest BCUT2D eigenvalue weighted by Crippen LogP contribution is -2.66. The molecular weight excluding hydrogens is 1090 g/mol. The van der Waals surface area contributed by atoms with Gasteiger partial charge in [-0.2, -0.15) is 0 Å². The van der Waals surface area contributed by atoms with Crippen LogP contribution in [0.5, 0.6) is 5.75 Å². The van der Waals surface area contributed by atoms with Crippen LogP contribution in [0.1, 0.15) is 54.7 Å². The van der Waals surface area contributed by atoms with Crippen LogP contribution >= 0.6 is 0 Å². The average Bonchev–Trinajstić information content (AvgIpc) is 3.25. The van der Waals surface area contributed by atoms with Crippen LogP contribution in [0, 0.1) is 10.1 Å². The molecule has 0 aliphatic carbocycles.